The van der Waals surface area contributed by atoms with Crippen LogP contribution >= 0.6 is 11.6 Å². The minimum absolute atomic E-state index is 0.0915. The highest BCUT2D eigenvalue weighted by Crippen LogP contribution is 2.69. The van der Waals surface area contributed by atoms with E-state index in [4.69, 9.17) is 16.3 Å². The standard InChI is InChI=1S/C15H16ClNO3/c1-10-3-5-11(6-4-10)17(2)12(18)14-7-15(8-14,9-14)20-13(16)19/h3-6H,7-9H2,1-2H3. The minimum Gasteiger partial charge on any atom is -0.447 e. The third-order valence-corrected chi connectivity index (χ3v) is 4.54. The zero-order chi connectivity index (χ0) is 14.5. The van der Waals surface area contributed by atoms with Gasteiger partial charge in [0.2, 0.25) is 5.91 Å². The number of carbonyl (C=O) groups is 2. The number of halogens is 1. The Balaban J connectivity index is 1.67. The summed E-state index contributed by atoms with van der Waals surface area (Å²) in [5.41, 5.74) is 0.439. The molecule has 0 spiro atoms. The van der Waals surface area contributed by atoms with Crippen LogP contribution in [0, 0.1) is 12.3 Å². The Hall–Kier alpha value is -1.55. The first-order chi connectivity index (χ1) is 9.36. The molecule has 0 aliphatic heterocycles. The van der Waals surface area contributed by atoms with Crippen LogP contribution in [-0.4, -0.2) is 24.0 Å². The summed E-state index contributed by atoms with van der Waals surface area (Å²) in [4.78, 5) is 25.0. The van der Waals surface area contributed by atoms with Crippen molar-refractivity contribution in [2.24, 2.45) is 5.41 Å². The third kappa shape index (κ3) is 1.90. The second-order valence-corrected chi connectivity index (χ2v) is 6.34. The van der Waals surface area contributed by atoms with Crippen molar-refractivity contribution in [2.45, 2.75) is 31.8 Å². The Morgan fingerprint density at radius 2 is 1.75 bits per heavy atom. The number of ether oxygens (including phenoxy) is 1. The lowest BCUT2D eigenvalue weighted by Gasteiger charge is -2.67. The molecule has 0 atom stereocenters. The van der Waals surface area contributed by atoms with Gasteiger partial charge in [0.1, 0.15) is 5.60 Å². The van der Waals surface area contributed by atoms with Crippen LogP contribution in [-0.2, 0) is 9.53 Å². The summed E-state index contributed by atoms with van der Waals surface area (Å²) in [5, 5.41) is 0. The van der Waals surface area contributed by atoms with Crippen molar-refractivity contribution in [3.05, 3.63) is 29.8 Å². The predicted molar refractivity (Wildman–Crippen MR) is 75.9 cm³/mol. The molecule has 4 nitrogen and oxygen atoms in total. The van der Waals surface area contributed by atoms with Crippen LogP contribution in [0.1, 0.15) is 24.8 Å². The smallest absolute Gasteiger partial charge is 0.404 e. The van der Waals surface area contributed by atoms with Gasteiger partial charge >= 0.3 is 5.43 Å². The van der Waals surface area contributed by atoms with Gasteiger partial charge in [0, 0.05) is 43.6 Å². The number of carbonyl (C=O) groups excluding carboxylic acids is 2. The van der Waals surface area contributed by atoms with Crippen LogP contribution in [0.2, 0.25) is 0 Å². The van der Waals surface area contributed by atoms with E-state index in [1.54, 1.807) is 11.9 Å². The lowest BCUT2D eigenvalue weighted by Crippen LogP contribution is -2.73. The van der Waals surface area contributed by atoms with Gasteiger partial charge in [-0.1, -0.05) is 17.7 Å². The van der Waals surface area contributed by atoms with Gasteiger partial charge in [0.15, 0.2) is 0 Å². The van der Waals surface area contributed by atoms with Gasteiger partial charge < -0.3 is 9.64 Å². The Morgan fingerprint density at radius 3 is 2.25 bits per heavy atom. The molecule has 3 aliphatic rings. The van der Waals surface area contributed by atoms with Crippen molar-refractivity contribution in [1.29, 1.82) is 0 Å². The van der Waals surface area contributed by atoms with E-state index in [1.165, 1.54) is 0 Å². The minimum atomic E-state index is -0.780. The first-order valence-corrected chi connectivity index (χ1v) is 6.97. The Kier molecular flexibility index (Phi) is 2.83. The van der Waals surface area contributed by atoms with Crippen molar-refractivity contribution < 1.29 is 14.3 Å². The van der Waals surface area contributed by atoms with Gasteiger partial charge in [0.05, 0.1) is 5.41 Å². The molecule has 0 heterocycles. The maximum absolute atomic E-state index is 12.6. The maximum atomic E-state index is 12.6. The Bertz CT molecular complexity index is 562. The fourth-order valence-electron chi connectivity index (χ4n) is 3.44. The molecule has 0 radical (unpaired) electrons. The third-order valence-electron chi connectivity index (χ3n) is 4.46. The molecule has 0 saturated heterocycles. The van der Waals surface area contributed by atoms with Crippen LogP contribution in [0.3, 0.4) is 0 Å². The molecule has 20 heavy (non-hydrogen) atoms. The number of nitrogens with zero attached hydrogens (tertiary/aromatic N) is 1. The number of amides is 1. The molecule has 5 heteroatoms. The average Bonchev–Trinajstić information content (AvgIpc) is 2.31. The van der Waals surface area contributed by atoms with Crippen LogP contribution in [0.5, 0.6) is 0 Å². The van der Waals surface area contributed by atoms with Crippen LogP contribution in [0.4, 0.5) is 10.5 Å². The predicted octanol–water partition coefficient (Wildman–Crippen LogP) is 3.26. The molecular formula is C15H16ClNO3. The molecule has 106 valence electrons. The van der Waals surface area contributed by atoms with E-state index in [2.05, 4.69) is 0 Å². The van der Waals surface area contributed by atoms with Gasteiger partial charge in [0.25, 0.3) is 0 Å². The molecular weight excluding hydrogens is 278 g/mol. The highest BCUT2D eigenvalue weighted by molar-refractivity contribution is 6.61. The van der Waals surface area contributed by atoms with Crippen molar-refractivity contribution in [3.8, 4) is 0 Å². The van der Waals surface area contributed by atoms with Gasteiger partial charge in [-0.15, -0.1) is 0 Å². The summed E-state index contributed by atoms with van der Waals surface area (Å²) >= 11 is 5.24. The first-order valence-electron chi connectivity index (χ1n) is 6.59. The van der Waals surface area contributed by atoms with Gasteiger partial charge in [-0.05, 0) is 19.1 Å². The van der Waals surface area contributed by atoms with Crippen LogP contribution in [0.25, 0.3) is 0 Å². The maximum Gasteiger partial charge on any atom is 0.404 e. The SMILES string of the molecule is Cc1ccc(N(C)C(=O)C23CC(OC(=O)Cl)(C2)C3)cc1. The van der Waals surface area contributed by atoms with E-state index in [0.29, 0.717) is 19.3 Å². The number of hydrogen-bond donors (Lipinski definition) is 0. The normalized spacial score (nSPS) is 29.9. The fourth-order valence-corrected chi connectivity index (χ4v) is 3.61. The second-order valence-electron chi connectivity index (χ2n) is 6.03. The molecule has 3 aliphatic carbocycles. The van der Waals surface area contributed by atoms with Crippen LogP contribution < -0.4 is 4.90 Å². The molecule has 4 rings (SSSR count). The van der Waals surface area contributed by atoms with E-state index in [0.717, 1.165) is 11.3 Å². The number of rotatable bonds is 3. The Morgan fingerprint density at radius 1 is 1.20 bits per heavy atom. The largest absolute Gasteiger partial charge is 0.447 e. The van der Waals surface area contributed by atoms with Crippen LogP contribution in [0.15, 0.2) is 24.3 Å². The second kappa shape index (κ2) is 4.22. The molecule has 3 fully saturated rings. The monoisotopic (exact) mass is 293 g/mol. The van der Waals surface area contributed by atoms with Crippen molar-refractivity contribution >= 4 is 28.6 Å². The van der Waals surface area contributed by atoms with Gasteiger partial charge in [-0.2, -0.15) is 0 Å². The fraction of sp³-hybridized carbons (Fsp3) is 0.467. The lowest BCUT2D eigenvalue weighted by atomic mass is 9.40. The highest BCUT2D eigenvalue weighted by atomic mass is 35.5. The number of benzene rings is 1. The lowest BCUT2D eigenvalue weighted by molar-refractivity contribution is -0.243. The van der Waals surface area contributed by atoms with E-state index in [1.807, 2.05) is 31.2 Å². The van der Waals surface area contributed by atoms with Crippen molar-refractivity contribution in [2.75, 3.05) is 11.9 Å². The van der Waals surface area contributed by atoms with Gasteiger partial charge in [-0.3, -0.25) is 4.79 Å². The zero-order valence-corrected chi connectivity index (χ0v) is 12.2. The molecule has 0 N–H and O–H groups in total. The summed E-state index contributed by atoms with van der Waals surface area (Å²) < 4.78 is 5.07. The molecule has 2 bridgehead atoms. The summed E-state index contributed by atoms with van der Waals surface area (Å²) in [6, 6.07) is 7.84. The van der Waals surface area contributed by atoms with Crippen molar-refractivity contribution in [1.82, 2.24) is 0 Å². The highest BCUT2D eigenvalue weighted by Gasteiger charge is 2.74. The summed E-state index contributed by atoms with van der Waals surface area (Å²) in [7, 11) is 1.79. The summed E-state index contributed by atoms with van der Waals surface area (Å²) in [6.07, 6.45) is 1.77. The number of hydrogen-bond acceptors (Lipinski definition) is 3. The van der Waals surface area contributed by atoms with Crippen molar-refractivity contribution in [3.63, 3.8) is 0 Å². The topological polar surface area (TPSA) is 46.6 Å². The average molecular weight is 294 g/mol. The first kappa shape index (κ1) is 13.4. The van der Waals surface area contributed by atoms with Gasteiger partial charge in [-0.25, -0.2) is 4.79 Å². The summed E-state index contributed by atoms with van der Waals surface area (Å²) in [5.74, 6) is 0.0915. The molecule has 0 unspecified atom stereocenters. The molecule has 1 amide bonds. The van der Waals surface area contributed by atoms with E-state index < -0.39 is 11.0 Å². The quantitative estimate of drug-likeness (QED) is 0.804. The molecule has 0 aromatic heterocycles. The Labute approximate surface area is 122 Å². The van der Waals surface area contributed by atoms with E-state index in [-0.39, 0.29) is 11.3 Å². The van der Waals surface area contributed by atoms with E-state index in [9.17, 15) is 9.59 Å². The molecule has 1 aromatic rings. The summed E-state index contributed by atoms with van der Waals surface area (Å²) in [6.45, 7) is 2.01. The molecule has 3 saturated carbocycles. The zero-order valence-electron chi connectivity index (χ0n) is 11.5. The van der Waals surface area contributed by atoms with E-state index >= 15 is 0 Å². The number of aryl methyl sites for hydroxylation is 1. The number of anilines is 1. The molecule has 1 aromatic carbocycles.